The Morgan fingerprint density at radius 1 is 1.47 bits per heavy atom. The molecule has 17 heavy (non-hydrogen) atoms. The van der Waals surface area contributed by atoms with Gasteiger partial charge in [0.05, 0.1) is 0 Å². The molecule has 0 aromatic heterocycles. The minimum atomic E-state index is 0.306. The minimum Gasteiger partial charge on any atom is -0.381 e. The van der Waals surface area contributed by atoms with Crippen LogP contribution in [0.4, 0.5) is 0 Å². The predicted molar refractivity (Wildman–Crippen MR) is 74.8 cm³/mol. The van der Waals surface area contributed by atoms with Gasteiger partial charge in [-0.1, -0.05) is 25.6 Å². The lowest BCUT2D eigenvalue weighted by Crippen LogP contribution is -2.42. The summed E-state index contributed by atoms with van der Waals surface area (Å²) in [5, 5.41) is 4.77. The van der Waals surface area contributed by atoms with E-state index in [9.17, 15) is 0 Å². The lowest BCUT2D eigenvalue weighted by molar-refractivity contribution is 0.184. The summed E-state index contributed by atoms with van der Waals surface area (Å²) in [4.78, 5) is 4.69. The fourth-order valence-corrected chi connectivity index (χ4v) is 3.75. The maximum absolute atomic E-state index is 5.38. The molecule has 0 aromatic carbocycles. The molecular formula is C13H24N2OS. The van der Waals surface area contributed by atoms with Crippen molar-refractivity contribution in [1.29, 1.82) is 0 Å². The van der Waals surface area contributed by atoms with Crippen molar-refractivity contribution >= 4 is 16.9 Å². The SMILES string of the molecule is CCC1(CC)CSC(=NCCC2CCOC2)N1. The molecule has 2 aliphatic heterocycles. The van der Waals surface area contributed by atoms with Gasteiger partial charge >= 0.3 is 0 Å². The highest BCUT2D eigenvalue weighted by Crippen LogP contribution is 2.29. The van der Waals surface area contributed by atoms with Gasteiger partial charge in [-0.05, 0) is 31.6 Å². The second-order valence-corrected chi connectivity index (χ2v) is 6.07. The topological polar surface area (TPSA) is 33.6 Å². The summed E-state index contributed by atoms with van der Waals surface area (Å²) in [5.41, 5.74) is 0.306. The van der Waals surface area contributed by atoms with Crippen LogP contribution in [-0.2, 0) is 4.74 Å². The number of ether oxygens (including phenoxy) is 1. The Hall–Kier alpha value is -0.220. The average molecular weight is 256 g/mol. The first-order valence-corrected chi connectivity index (χ1v) is 7.80. The Labute approximate surface area is 109 Å². The smallest absolute Gasteiger partial charge is 0.157 e. The molecule has 1 unspecified atom stereocenters. The van der Waals surface area contributed by atoms with Crippen LogP contribution in [0.2, 0.25) is 0 Å². The maximum atomic E-state index is 5.38. The first kappa shape index (κ1) is 13.2. The summed E-state index contributed by atoms with van der Waals surface area (Å²) in [6.45, 7) is 7.36. The highest BCUT2D eigenvalue weighted by atomic mass is 32.2. The van der Waals surface area contributed by atoms with Crippen LogP contribution in [0, 0.1) is 5.92 Å². The average Bonchev–Trinajstić information content (AvgIpc) is 2.99. The van der Waals surface area contributed by atoms with E-state index in [0.717, 1.165) is 30.8 Å². The third-order valence-corrected chi connectivity index (χ3v) is 5.23. The van der Waals surface area contributed by atoms with E-state index in [2.05, 4.69) is 19.2 Å². The summed E-state index contributed by atoms with van der Waals surface area (Å²) < 4.78 is 5.38. The number of rotatable bonds is 5. The fourth-order valence-electron chi connectivity index (χ4n) is 2.38. The summed E-state index contributed by atoms with van der Waals surface area (Å²) in [5.74, 6) is 1.92. The molecule has 1 N–H and O–H groups in total. The second kappa shape index (κ2) is 6.10. The van der Waals surface area contributed by atoms with Gasteiger partial charge < -0.3 is 10.1 Å². The number of amidine groups is 1. The molecule has 2 saturated heterocycles. The Kier molecular flexibility index (Phi) is 4.74. The van der Waals surface area contributed by atoms with Crippen molar-refractivity contribution in [2.24, 2.45) is 10.9 Å². The van der Waals surface area contributed by atoms with Crippen LogP contribution in [0.1, 0.15) is 39.5 Å². The van der Waals surface area contributed by atoms with Gasteiger partial charge in [0.15, 0.2) is 5.17 Å². The Morgan fingerprint density at radius 3 is 2.88 bits per heavy atom. The van der Waals surface area contributed by atoms with Crippen LogP contribution in [-0.4, -0.2) is 36.2 Å². The van der Waals surface area contributed by atoms with Crippen LogP contribution in [0.15, 0.2) is 4.99 Å². The first-order valence-electron chi connectivity index (χ1n) is 6.81. The largest absolute Gasteiger partial charge is 0.381 e. The number of nitrogens with zero attached hydrogens (tertiary/aromatic N) is 1. The number of aliphatic imine (C=N–C) groups is 1. The third-order valence-electron chi connectivity index (χ3n) is 4.03. The molecule has 2 fully saturated rings. The molecule has 2 heterocycles. The van der Waals surface area contributed by atoms with Gasteiger partial charge in [-0.3, -0.25) is 4.99 Å². The monoisotopic (exact) mass is 256 g/mol. The molecule has 0 aromatic rings. The van der Waals surface area contributed by atoms with Crippen molar-refractivity contribution in [1.82, 2.24) is 5.32 Å². The zero-order chi connectivity index (χ0) is 12.1. The number of hydrogen-bond acceptors (Lipinski definition) is 3. The van der Waals surface area contributed by atoms with Gasteiger partial charge in [-0.25, -0.2) is 0 Å². The van der Waals surface area contributed by atoms with Crippen molar-refractivity contribution in [3.8, 4) is 0 Å². The van der Waals surface area contributed by atoms with E-state index in [-0.39, 0.29) is 0 Å². The third kappa shape index (κ3) is 3.38. The van der Waals surface area contributed by atoms with E-state index >= 15 is 0 Å². The quantitative estimate of drug-likeness (QED) is 0.821. The maximum Gasteiger partial charge on any atom is 0.157 e. The van der Waals surface area contributed by atoms with Crippen molar-refractivity contribution in [3.05, 3.63) is 0 Å². The molecule has 0 spiro atoms. The summed E-state index contributed by atoms with van der Waals surface area (Å²) in [6, 6.07) is 0. The minimum absolute atomic E-state index is 0.306. The van der Waals surface area contributed by atoms with Crippen molar-refractivity contribution in [2.75, 3.05) is 25.5 Å². The van der Waals surface area contributed by atoms with E-state index in [1.807, 2.05) is 11.8 Å². The predicted octanol–water partition coefficient (Wildman–Crippen LogP) is 2.66. The molecule has 0 saturated carbocycles. The highest BCUT2D eigenvalue weighted by molar-refractivity contribution is 8.14. The zero-order valence-electron chi connectivity index (χ0n) is 11.0. The van der Waals surface area contributed by atoms with Crippen molar-refractivity contribution in [2.45, 2.75) is 45.1 Å². The van der Waals surface area contributed by atoms with Crippen LogP contribution < -0.4 is 5.32 Å². The molecule has 0 aliphatic carbocycles. The van der Waals surface area contributed by atoms with Crippen LogP contribution >= 0.6 is 11.8 Å². The molecule has 1 atom stereocenters. The van der Waals surface area contributed by atoms with Gasteiger partial charge in [0.1, 0.15) is 0 Å². The van der Waals surface area contributed by atoms with Crippen molar-refractivity contribution < 1.29 is 4.74 Å². The van der Waals surface area contributed by atoms with Gasteiger partial charge in [0, 0.05) is 31.1 Å². The lowest BCUT2D eigenvalue weighted by Gasteiger charge is -2.25. The number of thioether (sulfide) groups is 1. The zero-order valence-corrected chi connectivity index (χ0v) is 11.8. The summed E-state index contributed by atoms with van der Waals surface area (Å²) >= 11 is 1.89. The standard InChI is InChI=1S/C13H24N2OS/c1-3-13(4-2)10-17-12(15-13)14-7-5-11-6-8-16-9-11/h11H,3-10H2,1-2H3,(H,14,15). The van der Waals surface area contributed by atoms with E-state index < -0.39 is 0 Å². The van der Waals surface area contributed by atoms with E-state index in [1.165, 1.54) is 31.4 Å². The lowest BCUT2D eigenvalue weighted by atomic mass is 9.96. The highest BCUT2D eigenvalue weighted by Gasteiger charge is 2.33. The molecule has 3 nitrogen and oxygen atoms in total. The van der Waals surface area contributed by atoms with Crippen LogP contribution in [0.3, 0.4) is 0 Å². The van der Waals surface area contributed by atoms with Crippen molar-refractivity contribution in [3.63, 3.8) is 0 Å². The fraction of sp³-hybridized carbons (Fsp3) is 0.923. The molecule has 0 bridgehead atoms. The van der Waals surface area contributed by atoms with Gasteiger partial charge in [0.2, 0.25) is 0 Å². The molecule has 2 rings (SSSR count). The van der Waals surface area contributed by atoms with Crippen LogP contribution in [0.5, 0.6) is 0 Å². The summed E-state index contributed by atoms with van der Waals surface area (Å²) in [7, 11) is 0. The molecular weight excluding hydrogens is 232 g/mol. The Balaban J connectivity index is 1.75. The van der Waals surface area contributed by atoms with E-state index in [0.29, 0.717) is 5.54 Å². The van der Waals surface area contributed by atoms with Gasteiger partial charge in [-0.15, -0.1) is 0 Å². The van der Waals surface area contributed by atoms with Gasteiger partial charge in [0.25, 0.3) is 0 Å². The van der Waals surface area contributed by atoms with Crippen LogP contribution in [0.25, 0.3) is 0 Å². The molecule has 0 amide bonds. The second-order valence-electron chi connectivity index (χ2n) is 5.11. The normalized spacial score (nSPS) is 29.8. The molecule has 0 radical (unpaired) electrons. The Morgan fingerprint density at radius 2 is 2.29 bits per heavy atom. The Bertz CT molecular complexity index is 271. The number of hydrogen-bond donors (Lipinski definition) is 1. The van der Waals surface area contributed by atoms with Gasteiger partial charge in [-0.2, -0.15) is 0 Å². The first-order chi connectivity index (χ1) is 8.28. The van der Waals surface area contributed by atoms with E-state index in [1.54, 1.807) is 0 Å². The summed E-state index contributed by atoms with van der Waals surface area (Å²) in [6.07, 6.45) is 4.77. The number of nitrogens with one attached hydrogen (secondary N) is 1. The molecule has 98 valence electrons. The molecule has 2 aliphatic rings. The molecule has 4 heteroatoms. The van der Waals surface area contributed by atoms with E-state index in [4.69, 9.17) is 9.73 Å².